The van der Waals surface area contributed by atoms with Crippen LogP contribution in [0.4, 0.5) is 0 Å². The second-order valence-corrected chi connectivity index (χ2v) is 10.9. The Balaban J connectivity index is 1.29. The molecule has 1 aromatic heterocycles. The van der Waals surface area contributed by atoms with Crippen molar-refractivity contribution in [1.82, 2.24) is 23.3 Å². The zero-order chi connectivity index (χ0) is 21.8. The van der Waals surface area contributed by atoms with Gasteiger partial charge in [0, 0.05) is 38.1 Å². The Kier molecular flexibility index (Phi) is 7.20. The molecule has 31 heavy (non-hydrogen) atoms. The summed E-state index contributed by atoms with van der Waals surface area (Å²) in [7, 11) is -3.65. The summed E-state index contributed by atoms with van der Waals surface area (Å²) in [5, 5.41) is 3.08. The zero-order valence-electron chi connectivity index (χ0n) is 18.0. The summed E-state index contributed by atoms with van der Waals surface area (Å²) in [6, 6.07) is 5.68. The Morgan fingerprint density at radius 2 is 1.97 bits per heavy atom. The molecule has 0 saturated carbocycles. The molecule has 2 saturated heterocycles. The number of nitrogens with one attached hydrogen (secondary N) is 1. The normalized spacial score (nSPS) is 22.0. The lowest BCUT2D eigenvalue weighted by molar-refractivity contribution is -0.126. The quantitative estimate of drug-likeness (QED) is 0.675. The average Bonchev–Trinajstić information content (AvgIpc) is 3.28. The number of aromatic nitrogens is 2. The molecule has 1 atom stereocenters. The van der Waals surface area contributed by atoms with E-state index in [0.29, 0.717) is 49.6 Å². The first-order valence-corrected chi connectivity index (χ1v) is 13.4. The lowest BCUT2D eigenvalue weighted by Gasteiger charge is -2.35. The second kappa shape index (κ2) is 9.89. The first-order valence-electron chi connectivity index (χ1n) is 11.2. The minimum absolute atomic E-state index is 0.0490. The van der Waals surface area contributed by atoms with Gasteiger partial charge in [-0.3, -0.25) is 9.69 Å². The van der Waals surface area contributed by atoms with Crippen LogP contribution in [-0.4, -0.2) is 71.0 Å². The smallest absolute Gasteiger partial charge is 0.245 e. The Hall–Kier alpha value is -1.62. The fraction of sp³-hybridized carbons (Fsp3) is 0.667. The molecule has 0 bridgehead atoms. The van der Waals surface area contributed by atoms with Crippen LogP contribution in [0, 0.1) is 5.92 Å². The number of hydrogen-bond acceptors (Lipinski definition) is 7. The number of carbonyl (C=O) groups is 1. The van der Waals surface area contributed by atoms with Crippen LogP contribution in [-0.2, 0) is 14.8 Å². The van der Waals surface area contributed by atoms with Crippen molar-refractivity contribution in [3.8, 4) is 0 Å². The van der Waals surface area contributed by atoms with Gasteiger partial charge in [-0.1, -0.05) is 19.4 Å². The third-order valence-electron chi connectivity index (χ3n) is 6.61. The molecule has 1 amide bonds. The highest BCUT2D eigenvalue weighted by atomic mass is 32.2. The van der Waals surface area contributed by atoms with Crippen molar-refractivity contribution in [2.24, 2.45) is 5.92 Å². The van der Waals surface area contributed by atoms with Crippen molar-refractivity contribution >= 4 is 38.7 Å². The van der Waals surface area contributed by atoms with E-state index >= 15 is 0 Å². The number of fused-ring (bicyclic) bond motifs is 1. The van der Waals surface area contributed by atoms with Gasteiger partial charge in [0.25, 0.3) is 0 Å². The lowest BCUT2D eigenvalue weighted by atomic mass is 9.97. The number of rotatable bonds is 7. The van der Waals surface area contributed by atoms with Gasteiger partial charge in [0.1, 0.15) is 15.9 Å². The summed E-state index contributed by atoms with van der Waals surface area (Å²) in [5.74, 6) is -0.0839. The van der Waals surface area contributed by atoms with Crippen LogP contribution in [0.25, 0.3) is 11.0 Å². The number of sulfonamides is 1. The largest absolute Gasteiger partial charge is 0.355 e. The monoisotopic (exact) mass is 465 g/mol. The van der Waals surface area contributed by atoms with Gasteiger partial charge >= 0.3 is 0 Å². The van der Waals surface area contributed by atoms with Crippen molar-refractivity contribution in [3.05, 3.63) is 18.2 Å². The third kappa shape index (κ3) is 4.92. The summed E-state index contributed by atoms with van der Waals surface area (Å²) in [4.78, 5) is 15.3. The topological polar surface area (TPSA) is 95.5 Å². The van der Waals surface area contributed by atoms with Crippen LogP contribution in [0.15, 0.2) is 23.1 Å². The van der Waals surface area contributed by atoms with Crippen LogP contribution in [0.5, 0.6) is 0 Å². The maximum absolute atomic E-state index is 13.1. The van der Waals surface area contributed by atoms with E-state index in [-0.39, 0.29) is 16.7 Å². The highest BCUT2D eigenvalue weighted by Crippen LogP contribution is 2.28. The van der Waals surface area contributed by atoms with Crippen molar-refractivity contribution < 1.29 is 13.2 Å². The predicted molar refractivity (Wildman–Crippen MR) is 121 cm³/mol. The molecule has 3 heterocycles. The summed E-state index contributed by atoms with van der Waals surface area (Å²) >= 11 is 1.01. The molecular formula is C21H31N5O3S2. The molecule has 10 heteroatoms. The summed E-state index contributed by atoms with van der Waals surface area (Å²) in [6.45, 7) is 5.59. The standard InChI is InChI=1S/C21H31N5O3S2/c1-2-17-6-3-4-12-25(17)15-11-22-21(27)16-9-13-26(14-10-16)31(28,29)19-8-5-7-18-20(19)24-30-23-18/h5,7-8,16-17H,2-4,6,9-15H2,1H3,(H,22,27)/t17-/m1/s1. The van der Waals surface area contributed by atoms with Crippen molar-refractivity contribution in [2.75, 3.05) is 32.7 Å². The molecule has 2 aliphatic rings. The molecule has 2 fully saturated rings. The van der Waals surface area contributed by atoms with E-state index in [2.05, 4.69) is 25.9 Å². The maximum atomic E-state index is 13.1. The van der Waals surface area contributed by atoms with E-state index in [1.54, 1.807) is 18.2 Å². The summed E-state index contributed by atoms with van der Waals surface area (Å²) in [5.41, 5.74) is 1.02. The van der Waals surface area contributed by atoms with Gasteiger partial charge in [-0.2, -0.15) is 13.1 Å². The predicted octanol–water partition coefficient (Wildman–Crippen LogP) is 2.47. The van der Waals surface area contributed by atoms with Gasteiger partial charge < -0.3 is 5.32 Å². The van der Waals surface area contributed by atoms with Gasteiger partial charge in [0.2, 0.25) is 15.9 Å². The van der Waals surface area contributed by atoms with E-state index in [4.69, 9.17) is 0 Å². The first kappa shape index (κ1) is 22.6. The van der Waals surface area contributed by atoms with Gasteiger partial charge in [0.15, 0.2) is 0 Å². The van der Waals surface area contributed by atoms with E-state index < -0.39 is 10.0 Å². The van der Waals surface area contributed by atoms with E-state index in [0.717, 1.165) is 31.2 Å². The lowest BCUT2D eigenvalue weighted by Crippen LogP contribution is -2.46. The Bertz CT molecular complexity index is 1000. The van der Waals surface area contributed by atoms with Crippen molar-refractivity contribution in [2.45, 2.75) is 56.4 Å². The minimum Gasteiger partial charge on any atom is -0.355 e. The summed E-state index contributed by atoms with van der Waals surface area (Å²) in [6.07, 6.45) is 6.03. The van der Waals surface area contributed by atoms with Crippen molar-refractivity contribution in [3.63, 3.8) is 0 Å². The number of benzene rings is 1. The molecule has 0 aliphatic carbocycles. The number of likely N-dealkylation sites (tertiary alicyclic amines) is 1. The molecule has 0 unspecified atom stereocenters. The number of hydrogen-bond donors (Lipinski definition) is 1. The fourth-order valence-electron chi connectivity index (χ4n) is 4.77. The molecule has 8 nitrogen and oxygen atoms in total. The Morgan fingerprint density at radius 3 is 2.74 bits per heavy atom. The van der Waals surface area contributed by atoms with E-state index in [9.17, 15) is 13.2 Å². The van der Waals surface area contributed by atoms with Crippen LogP contribution in [0.3, 0.4) is 0 Å². The zero-order valence-corrected chi connectivity index (χ0v) is 19.6. The SMILES string of the molecule is CC[C@@H]1CCCCN1CCNC(=O)C1CCN(S(=O)(=O)c2cccc3nsnc23)CC1. The maximum Gasteiger partial charge on any atom is 0.245 e. The number of amides is 1. The molecule has 1 aromatic carbocycles. The summed E-state index contributed by atoms with van der Waals surface area (Å²) < 4.78 is 36.1. The van der Waals surface area contributed by atoms with Gasteiger partial charge in [-0.25, -0.2) is 8.42 Å². The van der Waals surface area contributed by atoms with Crippen LogP contribution >= 0.6 is 11.7 Å². The van der Waals surface area contributed by atoms with Gasteiger partial charge in [-0.15, -0.1) is 0 Å². The number of piperidine rings is 2. The van der Waals surface area contributed by atoms with Gasteiger partial charge in [0.05, 0.1) is 11.7 Å². The van der Waals surface area contributed by atoms with Crippen molar-refractivity contribution in [1.29, 1.82) is 0 Å². The van der Waals surface area contributed by atoms with Crippen LogP contribution < -0.4 is 5.32 Å². The molecule has 4 rings (SSSR count). The molecular weight excluding hydrogens is 434 g/mol. The first-order chi connectivity index (χ1) is 15.0. The molecule has 170 valence electrons. The fourth-order valence-corrected chi connectivity index (χ4v) is 6.99. The van der Waals surface area contributed by atoms with Crippen LogP contribution in [0.1, 0.15) is 45.4 Å². The highest BCUT2D eigenvalue weighted by molar-refractivity contribution is 7.89. The molecule has 1 N–H and O–H groups in total. The third-order valence-corrected chi connectivity index (χ3v) is 9.08. The van der Waals surface area contributed by atoms with E-state index in [1.807, 2.05) is 0 Å². The number of nitrogens with zero attached hydrogens (tertiary/aromatic N) is 4. The molecule has 0 spiro atoms. The average molecular weight is 466 g/mol. The number of carbonyl (C=O) groups excluding carboxylic acids is 1. The van der Waals surface area contributed by atoms with E-state index in [1.165, 1.54) is 23.6 Å². The Labute approximate surface area is 188 Å². The second-order valence-electron chi connectivity index (χ2n) is 8.45. The Morgan fingerprint density at radius 1 is 1.16 bits per heavy atom. The minimum atomic E-state index is -3.65. The molecule has 2 aromatic rings. The molecule has 0 radical (unpaired) electrons. The van der Waals surface area contributed by atoms with Crippen LogP contribution in [0.2, 0.25) is 0 Å². The highest BCUT2D eigenvalue weighted by Gasteiger charge is 2.33. The molecule has 2 aliphatic heterocycles. The van der Waals surface area contributed by atoms with Gasteiger partial charge in [-0.05, 0) is 50.8 Å².